The fraction of sp³-hybridized carbons (Fsp3) is 0.222. The van der Waals surface area contributed by atoms with Gasteiger partial charge >= 0.3 is 0 Å². The van der Waals surface area contributed by atoms with Crippen LogP contribution in [0, 0.1) is 0 Å². The molecule has 3 rings (SSSR count). The Morgan fingerprint density at radius 2 is 1.91 bits per heavy atom. The molecule has 0 aliphatic heterocycles. The first kappa shape index (κ1) is 15.0. The molecule has 0 saturated carbocycles. The molecule has 0 fully saturated rings. The Bertz CT molecular complexity index is 736. The second-order valence-corrected chi connectivity index (χ2v) is 6.39. The Kier molecular flexibility index (Phi) is 4.43. The molecule has 0 saturated heterocycles. The highest BCUT2D eigenvalue weighted by atomic mass is 32.1. The zero-order valence-electron chi connectivity index (χ0n) is 12.5. The summed E-state index contributed by atoms with van der Waals surface area (Å²) in [5, 5.41) is 13.3. The van der Waals surface area contributed by atoms with Gasteiger partial charge in [0.1, 0.15) is 11.4 Å². The van der Waals surface area contributed by atoms with Gasteiger partial charge in [-0.1, -0.05) is 42.5 Å². The quantitative estimate of drug-likeness (QED) is 0.655. The summed E-state index contributed by atoms with van der Waals surface area (Å²) in [6, 6.07) is 18.4. The molecular weight excluding hydrogens is 294 g/mol. The maximum absolute atomic E-state index is 8.96. The van der Waals surface area contributed by atoms with Crippen LogP contribution in [-0.2, 0) is 5.60 Å². The van der Waals surface area contributed by atoms with E-state index < -0.39 is 5.60 Å². The summed E-state index contributed by atoms with van der Waals surface area (Å²) >= 11 is 1.67. The third-order valence-corrected chi connectivity index (χ3v) is 4.96. The topological polar surface area (TPSA) is 41.5 Å². The summed E-state index contributed by atoms with van der Waals surface area (Å²) in [5.41, 5.74) is 1.75. The molecule has 1 heterocycles. The fourth-order valence-corrected chi connectivity index (χ4v) is 3.48. The maximum Gasteiger partial charge on any atom is 0.142 e. The molecule has 1 aromatic heterocycles. The van der Waals surface area contributed by atoms with Crippen molar-refractivity contribution >= 4 is 22.1 Å². The highest BCUT2D eigenvalue weighted by Crippen LogP contribution is 2.36. The highest BCUT2D eigenvalue weighted by molar-refractivity contribution is 7.10. The molecule has 0 radical (unpaired) electrons. The zero-order valence-corrected chi connectivity index (χ0v) is 13.3. The highest BCUT2D eigenvalue weighted by Gasteiger charge is 2.30. The Morgan fingerprint density at radius 1 is 1.09 bits per heavy atom. The molecule has 114 valence electrons. The average Bonchev–Trinajstić information content (AvgIpc) is 3.09. The van der Waals surface area contributed by atoms with E-state index in [1.54, 1.807) is 11.3 Å². The third-order valence-electron chi connectivity index (χ3n) is 3.84. The smallest absolute Gasteiger partial charge is 0.142 e. The summed E-state index contributed by atoms with van der Waals surface area (Å²) in [4.78, 5) is 1.15. The van der Waals surface area contributed by atoms with Gasteiger partial charge in [-0.15, -0.1) is 11.3 Å². The van der Waals surface area contributed by atoms with Crippen molar-refractivity contribution in [1.82, 2.24) is 5.48 Å². The Morgan fingerprint density at radius 3 is 2.68 bits per heavy atom. The van der Waals surface area contributed by atoms with E-state index in [9.17, 15) is 0 Å². The number of nitrogens with one attached hydrogen (secondary N) is 1. The van der Waals surface area contributed by atoms with Gasteiger partial charge in [0.15, 0.2) is 0 Å². The number of hydroxylamine groups is 1. The Balaban J connectivity index is 1.99. The summed E-state index contributed by atoms with van der Waals surface area (Å²) in [5.74, 6) is 0.868. The monoisotopic (exact) mass is 313 g/mol. The first-order chi connectivity index (χ1) is 10.7. The molecule has 0 amide bonds. The van der Waals surface area contributed by atoms with Crippen molar-refractivity contribution < 1.29 is 9.94 Å². The summed E-state index contributed by atoms with van der Waals surface area (Å²) in [7, 11) is 0. The standard InChI is InChI=1S/C18H19NO2S/c1-18(11-12-19-20,17-10-5-13-22-17)21-16-9-4-7-14-6-2-3-8-15(14)16/h2-10,13,19-20H,11-12H2,1H3. The summed E-state index contributed by atoms with van der Waals surface area (Å²) < 4.78 is 6.42. The van der Waals surface area contributed by atoms with Gasteiger partial charge in [-0.05, 0) is 29.8 Å². The van der Waals surface area contributed by atoms with Crippen LogP contribution in [0.15, 0.2) is 60.0 Å². The van der Waals surface area contributed by atoms with Crippen molar-refractivity contribution in [1.29, 1.82) is 0 Å². The van der Waals surface area contributed by atoms with Crippen molar-refractivity contribution in [3.63, 3.8) is 0 Å². The van der Waals surface area contributed by atoms with Gasteiger partial charge in [-0.2, -0.15) is 0 Å². The normalized spacial score (nSPS) is 13.9. The second kappa shape index (κ2) is 6.48. The van der Waals surface area contributed by atoms with Crippen LogP contribution in [0.3, 0.4) is 0 Å². The van der Waals surface area contributed by atoms with Crippen molar-refractivity contribution in [2.45, 2.75) is 18.9 Å². The molecular formula is C18H19NO2S. The van der Waals surface area contributed by atoms with Crippen molar-refractivity contribution in [3.8, 4) is 5.75 Å². The third kappa shape index (κ3) is 2.99. The van der Waals surface area contributed by atoms with E-state index in [1.165, 1.54) is 0 Å². The van der Waals surface area contributed by atoms with Crippen LogP contribution in [-0.4, -0.2) is 11.8 Å². The lowest BCUT2D eigenvalue weighted by atomic mass is 9.99. The van der Waals surface area contributed by atoms with Crippen molar-refractivity contribution in [2.24, 2.45) is 0 Å². The molecule has 3 nitrogen and oxygen atoms in total. The van der Waals surface area contributed by atoms with Crippen LogP contribution in [0.4, 0.5) is 0 Å². The fourth-order valence-electron chi connectivity index (χ4n) is 2.63. The number of ether oxygens (including phenoxy) is 1. The minimum Gasteiger partial charge on any atom is -0.481 e. The Hall–Kier alpha value is -1.88. The number of hydrogen-bond acceptors (Lipinski definition) is 4. The minimum atomic E-state index is -0.478. The van der Waals surface area contributed by atoms with E-state index in [2.05, 4.69) is 36.7 Å². The average molecular weight is 313 g/mol. The van der Waals surface area contributed by atoms with Gasteiger partial charge in [-0.3, -0.25) is 0 Å². The molecule has 0 spiro atoms. The van der Waals surface area contributed by atoms with Gasteiger partial charge in [0.05, 0.1) is 0 Å². The van der Waals surface area contributed by atoms with E-state index in [1.807, 2.05) is 35.7 Å². The number of fused-ring (bicyclic) bond motifs is 1. The molecule has 0 bridgehead atoms. The SMILES string of the molecule is CC(CCNO)(Oc1cccc2ccccc12)c1cccs1. The lowest BCUT2D eigenvalue weighted by Gasteiger charge is -2.30. The number of rotatable bonds is 6. The van der Waals surface area contributed by atoms with E-state index in [4.69, 9.17) is 9.94 Å². The predicted molar refractivity (Wildman–Crippen MR) is 90.7 cm³/mol. The molecule has 2 N–H and O–H groups in total. The van der Waals surface area contributed by atoms with Crippen molar-refractivity contribution in [2.75, 3.05) is 6.54 Å². The molecule has 0 aliphatic carbocycles. The molecule has 1 atom stereocenters. The van der Waals surface area contributed by atoms with Gasteiger partial charge in [0.25, 0.3) is 0 Å². The first-order valence-corrected chi connectivity index (χ1v) is 8.19. The van der Waals surface area contributed by atoms with E-state index in [0.29, 0.717) is 13.0 Å². The molecule has 22 heavy (non-hydrogen) atoms. The Labute approximate surface area is 134 Å². The minimum absolute atomic E-state index is 0.471. The summed E-state index contributed by atoms with van der Waals surface area (Å²) in [6.45, 7) is 2.54. The molecule has 3 aromatic rings. The predicted octanol–water partition coefficient (Wildman–Crippen LogP) is 4.56. The van der Waals surface area contributed by atoms with Gasteiger partial charge in [-0.25, -0.2) is 5.48 Å². The van der Waals surface area contributed by atoms with Crippen LogP contribution in [0.2, 0.25) is 0 Å². The molecule has 4 heteroatoms. The number of benzene rings is 2. The van der Waals surface area contributed by atoms with Crippen molar-refractivity contribution in [3.05, 3.63) is 64.9 Å². The van der Waals surface area contributed by atoms with Crippen LogP contribution >= 0.6 is 11.3 Å². The summed E-state index contributed by atoms with van der Waals surface area (Å²) in [6.07, 6.45) is 0.674. The van der Waals surface area contributed by atoms with Crippen LogP contribution < -0.4 is 10.2 Å². The van der Waals surface area contributed by atoms with Gasteiger partial charge < -0.3 is 9.94 Å². The van der Waals surface area contributed by atoms with E-state index in [-0.39, 0.29) is 0 Å². The molecule has 0 aliphatic rings. The molecule has 1 unspecified atom stereocenters. The molecule has 2 aromatic carbocycles. The first-order valence-electron chi connectivity index (χ1n) is 7.31. The van der Waals surface area contributed by atoms with Crippen LogP contribution in [0.5, 0.6) is 5.75 Å². The zero-order chi connectivity index (χ0) is 15.4. The second-order valence-electron chi connectivity index (χ2n) is 5.45. The lowest BCUT2D eigenvalue weighted by Crippen LogP contribution is -2.32. The van der Waals surface area contributed by atoms with E-state index >= 15 is 0 Å². The van der Waals surface area contributed by atoms with Crippen LogP contribution in [0.25, 0.3) is 10.8 Å². The van der Waals surface area contributed by atoms with Gasteiger partial charge in [0.2, 0.25) is 0 Å². The van der Waals surface area contributed by atoms with Gasteiger partial charge in [0, 0.05) is 23.2 Å². The van der Waals surface area contributed by atoms with E-state index in [0.717, 1.165) is 21.4 Å². The maximum atomic E-state index is 8.96. The van der Waals surface area contributed by atoms with Crippen LogP contribution in [0.1, 0.15) is 18.2 Å². The largest absolute Gasteiger partial charge is 0.481 e. The lowest BCUT2D eigenvalue weighted by molar-refractivity contribution is 0.0633. The number of thiophene rings is 1. The number of hydrogen-bond donors (Lipinski definition) is 2.